The molecule has 0 radical (unpaired) electrons. The van der Waals surface area contributed by atoms with Gasteiger partial charge in [0.1, 0.15) is 0 Å². The fraction of sp³-hybridized carbons (Fsp3) is 0.800. The highest BCUT2D eigenvalue weighted by molar-refractivity contribution is 4.93. The van der Waals surface area contributed by atoms with Crippen LogP contribution in [0.3, 0.4) is 0 Å². The molecule has 1 rings (SSSR count). The lowest BCUT2D eigenvalue weighted by molar-refractivity contribution is 0.215. The average molecular weight is 153 g/mol. The summed E-state index contributed by atoms with van der Waals surface area (Å²) < 4.78 is 0. The van der Waals surface area contributed by atoms with Crippen LogP contribution < -0.4 is 0 Å². The molecule has 0 aromatic carbocycles. The van der Waals surface area contributed by atoms with E-state index in [1.54, 1.807) is 0 Å². The highest BCUT2D eigenvalue weighted by atomic mass is 15.1. The Morgan fingerprint density at radius 1 is 1.36 bits per heavy atom. The van der Waals surface area contributed by atoms with Gasteiger partial charge in [0, 0.05) is 6.04 Å². The third-order valence-corrected chi connectivity index (χ3v) is 2.78. The third-order valence-electron chi connectivity index (χ3n) is 2.78. The molecule has 0 spiro atoms. The molecule has 0 aliphatic carbocycles. The fourth-order valence-electron chi connectivity index (χ4n) is 1.54. The molecule has 0 saturated heterocycles. The number of allylic oxidation sites excluding steroid dienone is 1. The van der Waals surface area contributed by atoms with E-state index in [-0.39, 0.29) is 0 Å². The molecule has 0 aromatic rings. The smallest absolute Gasteiger partial charge is 0.0124 e. The van der Waals surface area contributed by atoms with E-state index in [1.807, 2.05) is 0 Å². The molecule has 0 N–H and O–H groups in total. The molecule has 0 bridgehead atoms. The first-order chi connectivity index (χ1) is 5.22. The van der Waals surface area contributed by atoms with Crippen LogP contribution in [0.25, 0.3) is 0 Å². The summed E-state index contributed by atoms with van der Waals surface area (Å²) in [4.78, 5) is 2.45. The summed E-state index contributed by atoms with van der Waals surface area (Å²) in [7, 11) is 2.22. The first kappa shape index (κ1) is 8.79. The SMILES string of the molecule is CC1C=CCCCN(C)C1C. The Morgan fingerprint density at radius 2 is 2.09 bits per heavy atom. The maximum Gasteiger partial charge on any atom is 0.0124 e. The van der Waals surface area contributed by atoms with Crippen molar-refractivity contribution in [2.75, 3.05) is 13.6 Å². The van der Waals surface area contributed by atoms with Crippen molar-refractivity contribution in [1.82, 2.24) is 4.90 Å². The van der Waals surface area contributed by atoms with Crippen LogP contribution in [0.1, 0.15) is 26.7 Å². The number of rotatable bonds is 0. The zero-order chi connectivity index (χ0) is 8.27. The summed E-state index contributed by atoms with van der Waals surface area (Å²) in [6, 6.07) is 0.701. The van der Waals surface area contributed by atoms with E-state index in [4.69, 9.17) is 0 Å². The normalized spacial score (nSPS) is 34.8. The summed E-state index contributed by atoms with van der Waals surface area (Å²) in [5.74, 6) is 0.709. The van der Waals surface area contributed by atoms with Gasteiger partial charge in [-0.15, -0.1) is 0 Å². The lowest BCUT2D eigenvalue weighted by Crippen LogP contribution is -2.35. The summed E-state index contributed by atoms with van der Waals surface area (Å²) in [6.07, 6.45) is 7.24. The number of hydrogen-bond donors (Lipinski definition) is 0. The zero-order valence-electron chi connectivity index (χ0n) is 7.88. The second kappa shape index (κ2) is 3.91. The van der Waals surface area contributed by atoms with Crippen molar-refractivity contribution in [3.8, 4) is 0 Å². The van der Waals surface area contributed by atoms with Crippen molar-refractivity contribution >= 4 is 0 Å². The Balaban J connectivity index is 2.57. The van der Waals surface area contributed by atoms with Gasteiger partial charge in [0.25, 0.3) is 0 Å². The zero-order valence-corrected chi connectivity index (χ0v) is 7.88. The Labute approximate surface area is 70.1 Å². The second-order valence-corrected chi connectivity index (χ2v) is 3.65. The molecule has 1 heteroatoms. The molecule has 1 aliphatic rings. The third kappa shape index (κ3) is 2.33. The van der Waals surface area contributed by atoms with E-state index < -0.39 is 0 Å². The van der Waals surface area contributed by atoms with Gasteiger partial charge < -0.3 is 4.90 Å². The van der Waals surface area contributed by atoms with Gasteiger partial charge in [0.05, 0.1) is 0 Å². The maximum atomic E-state index is 2.45. The predicted octanol–water partition coefficient (Wildman–Crippen LogP) is 2.29. The molecular weight excluding hydrogens is 134 g/mol. The van der Waals surface area contributed by atoms with E-state index in [0.29, 0.717) is 12.0 Å². The van der Waals surface area contributed by atoms with Gasteiger partial charge in [-0.1, -0.05) is 19.1 Å². The Morgan fingerprint density at radius 3 is 2.82 bits per heavy atom. The van der Waals surface area contributed by atoms with Gasteiger partial charge in [0.2, 0.25) is 0 Å². The van der Waals surface area contributed by atoms with Crippen molar-refractivity contribution in [2.45, 2.75) is 32.7 Å². The fourth-order valence-corrected chi connectivity index (χ4v) is 1.54. The predicted molar refractivity (Wildman–Crippen MR) is 49.6 cm³/mol. The highest BCUT2D eigenvalue weighted by Crippen LogP contribution is 2.14. The van der Waals surface area contributed by atoms with Crippen molar-refractivity contribution in [3.05, 3.63) is 12.2 Å². The highest BCUT2D eigenvalue weighted by Gasteiger charge is 2.14. The molecule has 2 atom stereocenters. The molecule has 0 aromatic heterocycles. The molecule has 2 unspecified atom stereocenters. The van der Waals surface area contributed by atoms with Gasteiger partial charge in [-0.05, 0) is 39.3 Å². The average Bonchev–Trinajstić information content (AvgIpc) is 2.00. The lowest BCUT2D eigenvalue weighted by atomic mass is 9.99. The van der Waals surface area contributed by atoms with Crippen molar-refractivity contribution in [3.63, 3.8) is 0 Å². The van der Waals surface area contributed by atoms with E-state index in [9.17, 15) is 0 Å². The van der Waals surface area contributed by atoms with Crippen LogP contribution in [0.15, 0.2) is 12.2 Å². The molecule has 1 aliphatic heterocycles. The minimum absolute atomic E-state index is 0.701. The first-order valence-electron chi connectivity index (χ1n) is 4.58. The topological polar surface area (TPSA) is 3.24 Å². The quantitative estimate of drug-likeness (QED) is 0.483. The molecule has 1 nitrogen and oxygen atoms in total. The van der Waals surface area contributed by atoms with Crippen LogP contribution >= 0.6 is 0 Å². The summed E-state index contributed by atoms with van der Waals surface area (Å²) in [6.45, 7) is 5.85. The molecule has 0 fully saturated rings. The Hall–Kier alpha value is -0.300. The van der Waals surface area contributed by atoms with E-state index in [1.165, 1.54) is 19.4 Å². The van der Waals surface area contributed by atoms with Gasteiger partial charge in [-0.25, -0.2) is 0 Å². The first-order valence-corrected chi connectivity index (χ1v) is 4.58. The largest absolute Gasteiger partial charge is 0.303 e. The van der Waals surface area contributed by atoms with Crippen molar-refractivity contribution in [2.24, 2.45) is 5.92 Å². The van der Waals surface area contributed by atoms with Crippen molar-refractivity contribution < 1.29 is 0 Å². The number of hydrogen-bond acceptors (Lipinski definition) is 1. The number of nitrogens with zero attached hydrogens (tertiary/aromatic N) is 1. The van der Waals surface area contributed by atoms with E-state index in [0.717, 1.165) is 0 Å². The summed E-state index contributed by atoms with van der Waals surface area (Å²) in [5, 5.41) is 0. The Bertz CT molecular complexity index is 140. The monoisotopic (exact) mass is 153 g/mol. The van der Waals surface area contributed by atoms with Crippen LogP contribution in [0.5, 0.6) is 0 Å². The standard InChI is InChI=1S/C10H19N/c1-9-7-5-4-6-8-11(3)10(9)2/h5,7,9-10H,4,6,8H2,1-3H3. The van der Waals surface area contributed by atoms with Gasteiger partial charge >= 0.3 is 0 Å². The van der Waals surface area contributed by atoms with Gasteiger partial charge in [0.15, 0.2) is 0 Å². The van der Waals surface area contributed by atoms with Gasteiger partial charge in [-0.3, -0.25) is 0 Å². The van der Waals surface area contributed by atoms with Gasteiger partial charge in [-0.2, -0.15) is 0 Å². The molecule has 0 amide bonds. The summed E-state index contributed by atoms with van der Waals surface area (Å²) >= 11 is 0. The Kier molecular flexibility index (Phi) is 3.13. The van der Waals surface area contributed by atoms with Crippen LogP contribution in [-0.4, -0.2) is 24.5 Å². The van der Waals surface area contributed by atoms with Crippen LogP contribution in [0.4, 0.5) is 0 Å². The lowest BCUT2D eigenvalue weighted by Gasteiger charge is -2.29. The van der Waals surface area contributed by atoms with Crippen molar-refractivity contribution in [1.29, 1.82) is 0 Å². The minimum atomic E-state index is 0.701. The molecular formula is C10H19N. The van der Waals surface area contributed by atoms with E-state index >= 15 is 0 Å². The van der Waals surface area contributed by atoms with Crippen LogP contribution in [0, 0.1) is 5.92 Å². The molecule has 0 saturated carbocycles. The van der Waals surface area contributed by atoms with E-state index in [2.05, 4.69) is 37.9 Å². The van der Waals surface area contributed by atoms with Crippen LogP contribution in [-0.2, 0) is 0 Å². The second-order valence-electron chi connectivity index (χ2n) is 3.65. The van der Waals surface area contributed by atoms with Crippen LogP contribution in [0.2, 0.25) is 0 Å². The molecule has 1 heterocycles. The molecule has 11 heavy (non-hydrogen) atoms. The minimum Gasteiger partial charge on any atom is -0.303 e. The summed E-state index contributed by atoms with van der Waals surface area (Å²) in [5.41, 5.74) is 0. The molecule has 64 valence electrons. The maximum absolute atomic E-state index is 2.45.